The van der Waals surface area contributed by atoms with E-state index in [0.717, 1.165) is 12.2 Å². The monoisotopic (exact) mass is 484 g/mol. The van der Waals surface area contributed by atoms with Crippen LogP contribution in [0.25, 0.3) is 0 Å². The summed E-state index contributed by atoms with van der Waals surface area (Å²) in [6, 6.07) is 0. The Morgan fingerprint density at radius 2 is 0.848 bits per heavy atom. The minimum Gasteiger partial charge on any atom is -0.466 e. The maximum Gasteiger partial charge on any atom is 0.306 e. The van der Waals surface area contributed by atoms with Crippen molar-refractivity contribution in [1.82, 2.24) is 0 Å². The van der Waals surface area contributed by atoms with E-state index in [1.165, 1.54) is 147 Å². The Morgan fingerprint density at radius 3 is 1.27 bits per heavy atom. The van der Waals surface area contributed by atoms with E-state index in [4.69, 9.17) is 4.74 Å². The van der Waals surface area contributed by atoms with Gasteiger partial charge < -0.3 is 4.74 Å². The maximum absolute atomic E-state index is 11.8. The summed E-state index contributed by atoms with van der Waals surface area (Å²) in [6.45, 7) is 5.18. The first-order valence-electron chi connectivity index (χ1n) is 15.0. The lowest BCUT2D eigenvalue weighted by Gasteiger charge is -2.06. The molecule has 2 nitrogen and oxygen atoms in total. The zero-order valence-electron chi connectivity index (χ0n) is 22.8. The molecule has 0 heterocycles. The van der Waals surface area contributed by atoms with Crippen LogP contribution >= 0.6 is 11.8 Å². The first-order valence-corrected chi connectivity index (χ1v) is 16.2. The fraction of sp³-hybridized carbons (Fsp3) is 0.967. The molecule has 33 heavy (non-hydrogen) atoms. The molecule has 0 bridgehead atoms. The minimum atomic E-state index is 0.00351. The van der Waals surface area contributed by atoms with Crippen molar-refractivity contribution in [3.8, 4) is 0 Å². The van der Waals surface area contributed by atoms with Gasteiger partial charge in [-0.3, -0.25) is 4.79 Å². The summed E-state index contributed by atoms with van der Waals surface area (Å²) in [6.07, 6.45) is 32.1. The van der Waals surface area contributed by atoms with Gasteiger partial charge in [0.15, 0.2) is 0 Å². The minimum absolute atomic E-state index is 0.00351. The smallest absolute Gasteiger partial charge is 0.306 e. The summed E-state index contributed by atoms with van der Waals surface area (Å²) in [5.41, 5.74) is 0. The number of hydrogen-bond acceptors (Lipinski definition) is 3. The van der Waals surface area contributed by atoms with E-state index in [1.54, 1.807) is 0 Å². The fourth-order valence-corrected chi connectivity index (χ4v) is 5.25. The van der Waals surface area contributed by atoms with E-state index >= 15 is 0 Å². The topological polar surface area (TPSA) is 26.3 Å². The van der Waals surface area contributed by atoms with Crippen LogP contribution in [0.1, 0.15) is 168 Å². The molecule has 0 aliphatic heterocycles. The summed E-state index contributed by atoms with van der Waals surface area (Å²) < 4.78 is 5.39. The Morgan fingerprint density at radius 1 is 0.485 bits per heavy atom. The van der Waals surface area contributed by atoms with Crippen molar-refractivity contribution in [2.45, 2.75) is 168 Å². The molecule has 0 aliphatic carbocycles. The largest absolute Gasteiger partial charge is 0.466 e. The van der Waals surface area contributed by atoms with Crippen molar-refractivity contribution in [3.63, 3.8) is 0 Å². The molecule has 0 saturated heterocycles. The third-order valence-electron chi connectivity index (χ3n) is 6.60. The van der Waals surface area contributed by atoms with E-state index in [-0.39, 0.29) is 5.97 Å². The van der Waals surface area contributed by atoms with Crippen LogP contribution in [0, 0.1) is 0 Å². The number of hydrogen-bond donors (Lipinski definition) is 0. The summed E-state index contributed by atoms with van der Waals surface area (Å²) in [7, 11) is 0. The van der Waals surface area contributed by atoms with Crippen molar-refractivity contribution in [3.05, 3.63) is 0 Å². The van der Waals surface area contributed by atoms with Crippen LogP contribution in [0.15, 0.2) is 0 Å². The number of thioether (sulfide) groups is 1. The average molecular weight is 485 g/mol. The Bertz CT molecular complexity index is 372. The second-order valence-corrected chi connectivity index (χ2v) is 11.2. The predicted octanol–water partition coefficient (Wildman–Crippen LogP) is 10.7. The van der Waals surface area contributed by atoms with E-state index in [0.29, 0.717) is 13.0 Å². The first kappa shape index (κ1) is 32.8. The molecule has 0 aromatic heterocycles. The number of carbonyl (C=O) groups is 1. The molecule has 0 rings (SSSR count). The molecule has 3 heteroatoms. The Labute approximate surface area is 213 Å². The van der Waals surface area contributed by atoms with Gasteiger partial charge in [-0.05, 0) is 18.6 Å². The highest BCUT2D eigenvalue weighted by atomic mass is 32.2. The van der Waals surface area contributed by atoms with Gasteiger partial charge in [0.25, 0.3) is 0 Å². The molecular weight excluding hydrogens is 424 g/mol. The zero-order valence-corrected chi connectivity index (χ0v) is 23.6. The molecule has 0 radical (unpaired) electrons. The van der Waals surface area contributed by atoms with Crippen molar-refractivity contribution in [2.24, 2.45) is 0 Å². The van der Waals surface area contributed by atoms with Gasteiger partial charge in [-0.15, -0.1) is 0 Å². The van der Waals surface area contributed by atoms with Gasteiger partial charge in [0, 0.05) is 5.75 Å². The van der Waals surface area contributed by atoms with Gasteiger partial charge in [-0.25, -0.2) is 0 Å². The second-order valence-electron chi connectivity index (χ2n) is 10.0. The standard InChI is InChI=1S/C30H60O2S/c1-3-5-7-9-11-13-15-16-17-19-21-23-25-28-33-29-26-30(31)32-27-24-22-20-18-14-12-10-8-6-4-2/h3-29H2,1-2H3. The van der Waals surface area contributed by atoms with Crippen molar-refractivity contribution >= 4 is 17.7 Å². The van der Waals surface area contributed by atoms with E-state index in [1.807, 2.05) is 11.8 Å². The SMILES string of the molecule is CCCCCCCCCCCCCCCSCCC(=O)OCCCCCCCCCCCC. The quantitative estimate of drug-likeness (QED) is 0.0815. The molecule has 0 fully saturated rings. The van der Waals surface area contributed by atoms with Crippen molar-refractivity contribution in [1.29, 1.82) is 0 Å². The third-order valence-corrected chi connectivity index (χ3v) is 7.67. The Balaban J connectivity index is 3.13. The van der Waals surface area contributed by atoms with Crippen LogP contribution < -0.4 is 0 Å². The van der Waals surface area contributed by atoms with Crippen molar-refractivity contribution < 1.29 is 9.53 Å². The van der Waals surface area contributed by atoms with Gasteiger partial charge >= 0.3 is 5.97 Å². The van der Waals surface area contributed by atoms with Gasteiger partial charge in [0.1, 0.15) is 0 Å². The highest BCUT2D eigenvalue weighted by Gasteiger charge is 2.03. The molecule has 0 aliphatic rings. The fourth-order valence-electron chi connectivity index (χ4n) is 4.33. The highest BCUT2D eigenvalue weighted by molar-refractivity contribution is 7.99. The van der Waals surface area contributed by atoms with Gasteiger partial charge in [-0.1, -0.05) is 149 Å². The Hall–Kier alpha value is -0.180. The van der Waals surface area contributed by atoms with Crippen molar-refractivity contribution in [2.75, 3.05) is 18.1 Å². The van der Waals surface area contributed by atoms with Crippen LogP contribution in [0.2, 0.25) is 0 Å². The lowest BCUT2D eigenvalue weighted by Crippen LogP contribution is -2.07. The third kappa shape index (κ3) is 29.8. The highest BCUT2D eigenvalue weighted by Crippen LogP contribution is 2.14. The normalized spacial score (nSPS) is 11.2. The number of carbonyl (C=O) groups excluding carboxylic acids is 1. The van der Waals surface area contributed by atoms with Gasteiger partial charge in [0.2, 0.25) is 0 Å². The molecule has 0 aromatic carbocycles. The number of ether oxygens (including phenoxy) is 1. The molecule has 0 atom stereocenters. The second kappa shape index (κ2) is 29.9. The lowest BCUT2D eigenvalue weighted by atomic mass is 10.1. The number of esters is 1. The van der Waals surface area contributed by atoms with Crippen LogP contribution in [-0.4, -0.2) is 24.1 Å². The molecule has 0 N–H and O–H groups in total. The molecular formula is C30H60O2S. The summed E-state index contributed by atoms with van der Waals surface area (Å²) in [5.74, 6) is 2.13. The molecule has 0 spiro atoms. The first-order chi connectivity index (χ1) is 16.3. The van der Waals surface area contributed by atoms with Crippen LogP contribution in [0.3, 0.4) is 0 Å². The average Bonchev–Trinajstić information content (AvgIpc) is 2.82. The molecule has 0 amide bonds. The molecule has 198 valence electrons. The predicted molar refractivity (Wildman–Crippen MR) is 150 cm³/mol. The van der Waals surface area contributed by atoms with E-state index in [2.05, 4.69) is 13.8 Å². The van der Waals surface area contributed by atoms with Crippen LogP contribution in [0.4, 0.5) is 0 Å². The zero-order chi connectivity index (χ0) is 24.1. The molecule has 0 aromatic rings. The van der Waals surface area contributed by atoms with E-state index in [9.17, 15) is 4.79 Å². The van der Waals surface area contributed by atoms with Crippen LogP contribution in [-0.2, 0) is 9.53 Å². The number of rotatable bonds is 28. The van der Waals surface area contributed by atoms with Gasteiger partial charge in [-0.2, -0.15) is 11.8 Å². The lowest BCUT2D eigenvalue weighted by molar-refractivity contribution is -0.143. The van der Waals surface area contributed by atoms with Crippen LogP contribution in [0.5, 0.6) is 0 Å². The molecule has 0 unspecified atom stereocenters. The number of unbranched alkanes of at least 4 members (excludes halogenated alkanes) is 21. The molecule has 0 saturated carbocycles. The van der Waals surface area contributed by atoms with E-state index < -0.39 is 0 Å². The summed E-state index contributed by atoms with van der Waals surface area (Å²) in [4.78, 5) is 11.8. The Kier molecular flexibility index (Phi) is 29.7. The summed E-state index contributed by atoms with van der Waals surface area (Å²) >= 11 is 1.92. The van der Waals surface area contributed by atoms with Gasteiger partial charge in [0.05, 0.1) is 13.0 Å². The summed E-state index contributed by atoms with van der Waals surface area (Å²) in [5, 5.41) is 0. The maximum atomic E-state index is 11.8.